The molecule has 1 aliphatic rings. The molecule has 4 aromatic rings. The van der Waals surface area contributed by atoms with Crippen molar-refractivity contribution in [1.82, 2.24) is 4.57 Å². The number of halogens is 1. The van der Waals surface area contributed by atoms with Crippen molar-refractivity contribution in [1.29, 1.82) is 0 Å². The number of aromatic nitrogens is 1. The molecular weight excluding hydrogens is 574 g/mol. The molecule has 1 N–H and O–H groups in total. The second-order valence-corrected chi connectivity index (χ2v) is 11.0. The Labute approximate surface area is 251 Å². The van der Waals surface area contributed by atoms with Gasteiger partial charge in [0.05, 0.1) is 22.4 Å². The predicted octanol–water partition coefficient (Wildman–Crippen LogP) is 4.78. The number of thiazole rings is 1. The zero-order valence-corrected chi connectivity index (χ0v) is 24.8. The first-order valence-electron chi connectivity index (χ1n) is 13.3. The first kappa shape index (κ1) is 29.0. The van der Waals surface area contributed by atoms with E-state index in [4.69, 9.17) is 21.1 Å². The Balaban J connectivity index is 1.40. The van der Waals surface area contributed by atoms with E-state index in [0.29, 0.717) is 37.1 Å². The highest BCUT2D eigenvalue weighted by atomic mass is 35.5. The summed E-state index contributed by atoms with van der Waals surface area (Å²) in [4.78, 5) is 44.1. The fourth-order valence-electron chi connectivity index (χ4n) is 4.58. The molecule has 1 amide bonds. The van der Waals surface area contributed by atoms with Gasteiger partial charge in [0.2, 0.25) is 0 Å². The number of aryl methyl sites for hydroxylation is 1. The van der Waals surface area contributed by atoms with Crippen LogP contribution in [0.4, 0.5) is 5.69 Å². The highest BCUT2D eigenvalue weighted by Crippen LogP contribution is 2.34. The summed E-state index contributed by atoms with van der Waals surface area (Å²) < 4.78 is 12.9. The van der Waals surface area contributed by atoms with Gasteiger partial charge in [0, 0.05) is 10.7 Å². The third kappa shape index (κ3) is 6.22. The van der Waals surface area contributed by atoms with Crippen LogP contribution in [0.15, 0.2) is 93.9 Å². The van der Waals surface area contributed by atoms with E-state index in [0.717, 1.165) is 11.1 Å². The first-order valence-corrected chi connectivity index (χ1v) is 14.5. The lowest BCUT2D eigenvalue weighted by molar-refractivity contribution is -0.139. The highest BCUT2D eigenvalue weighted by molar-refractivity contribution is 7.07. The van der Waals surface area contributed by atoms with Crippen LogP contribution in [0.2, 0.25) is 5.02 Å². The van der Waals surface area contributed by atoms with E-state index in [2.05, 4.69) is 10.3 Å². The monoisotopic (exact) mass is 601 g/mol. The number of nitrogens with one attached hydrogen (secondary N) is 1. The molecule has 8 nitrogen and oxygen atoms in total. The maximum atomic E-state index is 13.8. The topological polar surface area (TPSA) is 99.0 Å². The van der Waals surface area contributed by atoms with Crippen LogP contribution in [0.25, 0.3) is 6.08 Å². The van der Waals surface area contributed by atoms with E-state index >= 15 is 0 Å². The van der Waals surface area contributed by atoms with Crippen molar-refractivity contribution in [3.63, 3.8) is 0 Å². The Morgan fingerprint density at radius 1 is 1.05 bits per heavy atom. The van der Waals surface area contributed by atoms with Crippen LogP contribution in [-0.4, -0.2) is 29.7 Å². The molecule has 1 aromatic heterocycles. The number of hydrogen-bond donors (Lipinski definition) is 1. The second kappa shape index (κ2) is 12.6. The van der Waals surface area contributed by atoms with Gasteiger partial charge in [-0.1, -0.05) is 71.0 Å². The van der Waals surface area contributed by atoms with Crippen molar-refractivity contribution in [2.24, 2.45) is 4.99 Å². The molecule has 2 heterocycles. The summed E-state index contributed by atoms with van der Waals surface area (Å²) in [7, 11) is 0. The minimum atomic E-state index is -0.780. The van der Waals surface area contributed by atoms with E-state index in [1.165, 1.54) is 15.9 Å². The lowest BCUT2D eigenvalue weighted by Crippen LogP contribution is -2.40. The summed E-state index contributed by atoms with van der Waals surface area (Å²) >= 11 is 7.78. The molecule has 0 bridgehead atoms. The molecule has 0 saturated carbocycles. The normalized spacial score (nSPS) is 14.7. The largest absolute Gasteiger partial charge is 0.484 e. The third-order valence-electron chi connectivity index (χ3n) is 6.60. The van der Waals surface area contributed by atoms with Crippen LogP contribution in [0.1, 0.15) is 36.6 Å². The van der Waals surface area contributed by atoms with Crippen molar-refractivity contribution in [3.8, 4) is 5.75 Å². The summed E-state index contributed by atoms with van der Waals surface area (Å²) in [6.07, 6.45) is 1.75. The Hall–Kier alpha value is -4.47. The number of benzene rings is 3. The zero-order chi connectivity index (χ0) is 29.8. The van der Waals surface area contributed by atoms with E-state index < -0.39 is 12.0 Å². The number of anilines is 1. The summed E-state index contributed by atoms with van der Waals surface area (Å²) in [5.41, 5.74) is 3.62. The summed E-state index contributed by atoms with van der Waals surface area (Å²) in [6, 6.07) is 20.9. The highest BCUT2D eigenvalue weighted by Gasteiger charge is 2.34. The molecule has 0 unspecified atom stereocenters. The van der Waals surface area contributed by atoms with Gasteiger partial charge in [-0.15, -0.1) is 0 Å². The molecular formula is C32H28ClN3O5S. The lowest BCUT2D eigenvalue weighted by Gasteiger charge is -2.25. The van der Waals surface area contributed by atoms with E-state index in [9.17, 15) is 14.4 Å². The van der Waals surface area contributed by atoms with E-state index in [1.54, 1.807) is 62.4 Å². The number of rotatable bonds is 8. The van der Waals surface area contributed by atoms with Crippen LogP contribution in [-0.2, 0) is 14.3 Å². The molecule has 0 spiro atoms. The molecule has 0 saturated heterocycles. The summed E-state index contributed by atoms with van der Waals surface area (Å²) in [6.45, 7) is 5.48. The van der Waals surface area contributed by atoms with Crippen LogP contribution >= 0.6 is 22.9 Å². The lowest BCUT2D eigenvalue weighted by atomic mass is 9.96. The Bertz CT molecular complexity index is 1860. The van der Waals surface area contributed by atoms with Gasteiger partial charge in [-0.25, -0.2) is 9.79 Å². The molecule has 0 fully saturated rings. The first-order chi connectivity index (χ1) is 20.2. The van der Waals surface area contributed by atoms with Crippen molar-refractivity contribution in [2.45, 2.75) is 26.8 Å². The average Bonchev–Trinajstić information content (AvgIpc) is 3.27. The second-order valence-electron chi connectivity index (χ2n) is 9.60. The smallest absolute Gasteiger partial charge is 0.338 e. The minimum Gasteiger partial charge on any atom is -0.484 e. The molecule has 42 heavy (non-hydrogen) atoms. The fraction of sp³-hybridized carbons (Fsp3) is 0.188. The Morgan fingerprint density at radius 3 is 2.45 bits per heavy atom. The number of esters is 1. The number of fused-ring (bicyclic) bond motifs is 1. The van der Waals surface area contributed by atoms with Crippen molar-refractivity contribution in [3.05, 3.63) is 125 Å². The SMILES string of the molecule is CCOC(=O)C1=C(C)N=c2s/c(=C\c3ccc(OCC(=O)Nc4ccc(C)cc4)cc3)c(=O)n2[C@@H]1c1ccccc1Cl. The quantitative estimate of drug-likeness (QED) is 0.293. The Kier molecular flexibility index (Phi) is 8.70. The van der Waals surface area contributed by atoms with Gasteiger partial charge < -0.3 is 14.8 Å². The number of allylic oxidation sites excluding steroid dienone is 1. The maximum Gasteiger partial charge on any atom is 0.338 e. The minimum absolute atomic E-state index is 0.143. The van der Waals surface area contributed by atoms with Gasteiger partial charge in [0.25, 0.3) is 11.5 Å². The average molecular weight is 602 g/mol. The van der Waals surface area contributed by atoms with Crippen molar-refractivity contribution < 1.29 is 19.1 Å². The molecule has 3 aromatic carbocycles. The van der Waals surface area contributed by atoms with Gasteiger partial charge in [0.1, 0.15) is 11.8 Å². The van der Waals surface area contributed by atoms with Gasteiger partial charge in [-0.05, 0) is 68.3 Å². The number of ether oxygens (including phenoxy) is 2. The summed E-state index contributed by atoms with van der Waals surface area (Å²) in [5.74, 6) is -0.295. The zero-order valence-electron chi connectivity index (χ0n) is 23.2. The predicted molar refractivity (Wildman–Crippen MR) is 164 cm³/mol. The number of hydrogen-bond acceptors (Lipinski definition) is 7. The standard InChI is InChI=1S/C32H28ClN3O5S/c1-4-40-31(39)28-20(3)34-32-36(29(28)24-7-5-6-8-25(24)33)30(38)26(42-32)17-21-11-15-23(16-12-21)41-18-27(37)35-22-13-9-19(2)10-14-22/h5-17,29H,4,18H2,1-3H3,(H,35,37)/b26-17-/t29-/m1/s1. The molecule has 10 heteroatoms. The van der Waals surface area contributed by atoms with E-state index in [1.807, 2.05) is 37.3 Å². The molecule has 214 valence electrons. The van der Waals surface area contributed by atoms with Gasteiger partial charge in [0.15, 0.2) is 11.4 Å². The third-order valence-corrected chi connectivity index (χ3v) is 7.93. The van der Waals surface area contributed by atoms with Crippen LogP contribution < -0.4 is 24.9 Å². The van der Waals surface area contributed by atoms with Crippen molar-refractivity contribution in [2.75, 3.05) is 18.5 Å². The number of carbonyl (C=O) groups excluding carboxylic acids is 2. The molecule has 1 atom stereocenters. The van der Waals surface area contributed by atoms with Gasteiger partial charge in [-0.3, -0.25) is 14.2 Å². The summed E-state index contributed by atoms with van der Waals surface area (Å²) in [5, 5.41) is 3.22. The molecule has 5 rings (SSSR count). The number of carbonyl (C=O) groups is 2. The van der Waals surface area contributed by atoms with Crippen molar-refractivity contribution >= 4 is 46.6 Å². The van der Waals surface area contributed by atoms with Crippen LogP contribution in [0.3, 0.4) is 0 Å². The van der Waals surface area contributed by atoms with Gasteiger partial charge >= 0.3 is 5.97 Å². The van der Waals surface area contributed by atoms with Crippen LogP contribution in [0.5, 0.6) is 5.75 Å². The maximum absolute atomic E-state index is 13.8. The fourth-order valence-corrected chi connectivity index (χ4v) is 5.86. The van der Waals surface area contributed by atoms with Crippen LogP contribution in [0, 0.1) is 6.92 Å². The van der Waals surface area contributed by atoms with E-state index in [-0.39, 0.29) is 30.3 Å². The number of amides is 1. The number of nitrogens with zero attached hydrogens (tertiary/aromatic N) is 2. The molecule has 0 radical (unpaired) electrons. The molecule has 1 aliphatic heterocycles. The Morgan fingerprint density at radius 2 is 1.76 bits per heavy atom. The van der Waals surface area contributed by atoms with Gasteiger partial charge in [-0.2, -0.15) is 0 Å². The molecule has 0 aliphatic carbocycles.